The first kappa shape index (κ1) is 11.9. The Morgan fingerprint density at radius 1 is 1.53 bits per heavy atom. The summed E-state index contributed by atoms with van der Waals surface area (Å²) < 4.78 is 0. The standard InChI is InChI=1S/C12H15N5O2/c1-13-11(18)7-2-3-8-10(15-7)16-12(19)9-6-14-4-5-17(8)9/h2-3,9,14H,4-6H2,1H3,(H,13,18)(H,15,16,19)/t9-/m1/s1. The van der Waals surface area contributed by atoms with Crippen molar-refractivity contribution in [3.05, 3.63) is 17.8 Å². The Morgan fingerprint density at radius 3 is 3.16 bits per heavy atom. The fourth-order valence-corrected chi connectivity index (χ4v) is 2.46. The molecule has 1 aromatic rings. The van der Waals surface area contributed by atoms with Crippen molar-refractivity contribution in [2.75, 3.05) is 36.9 Å². The van der Waals surface area contributed by atoms with E-state index in [4.69, 9.17) is 0 Å². The number of piperazine rings is 1. The summed E-state index contributed by atoms with van der Waals surface area (Å²) in [5, 5.41) is 8.48. The molecule has 3 heterocycles. The minimum Gasteiger partial charge on any atom is -0.354 e. The predicted molar refractivity (Wildman–Crippen MR) is 70.3 cm³/mol. The highest BCUT2D eigenvalue weighted by Gasteiger charge is 2.35. The number of fused-ring (bicyclic) bond motifs is 3. The molecule has 0 unspecified atom stereocenters. The van der Waals surface area contributed by atoms with Gasteiger partial charge in [0.1, 0.15) is 11.7 Å². The second kappa shape index (κ2) is 4.51. The number of pyridine rings is 1. The molecule has 3 N–H and O–H groups in total. The van der Waals surface area contributed by atoms with Gasteiger partial charge in [-0.2, -0.15) is 0 Å². The maximum atomic E-state index is 12.0. The summed E-state index contributed by atoms with van der Waals surface area (Å²) in [4.78, 5) is 29.8. The average molecular weight is 261 g/mol. The number of nitrogens with zero attached hydrogens (tertiary/aromatic N) is 2. The Hall–Kier alpha value is -2.15. The Balaban J connectivity index is 2.00. The van der Waals surface area contributed by atoms with Crippen LogP contribution in [0.1, 0.15) is 10.5 Å². The van der Waals surface area contributed by atoms with Crippen LogP contribution in [0.4, 0.5) is 11.5 Å². The van der Waals surface area contributed by atoms with Crippen LogP contribution in [0.2, 0.25) is 0 Å². The van der Waals surface area contributed by atoms with E-state index in [1.54, 1.807) is 13.1 Å². The van der Waals surface area contributed by atoms with E-state index in [-0.39, 0.29) is 17.9 Å². The number of hydrogen-bond donors (Lipinski definition) is 3. The molecule has 0 spiro atoms. The van der Waals surface area contributed by atoms with E-state index in [9.17, 15) is 9.59 Å². The van der Waals surface area contributed by atoms with Gasteiger partial charge in [-0.3, -0.25) is 9.59 Å². The molecule has 0 radical (unpaired) electrons. The fraction of sp³-hybridized carbons (Fsp3) is 0.417. The Kier molecular flexibility index (Phi) is 2.83. The lowest BCUT2D eigenvalue weighted by Crippen LogP contribution is -2.59. The lowest BCUT2D eigenvalue weighted by molar-refractivity contribution is -0.117. The highest BCUT2D eigenvalue weighted by Crippen LogP contribution is 2.31. The molecule has 0 aliphatic carbocycles. The van der Waals surface area contributed by atoms with E-state index in [2.05, 4.69) is 20.9 Å². The number of anilines is 2. The summed E-state index contributed by atoms with van der Waals surface area (Å²) >= 11 is 0. The monoisotopic (exact) mass is 261 g/mol. The summed E-state index contributed by atoms with van der Waals surface area (Å²) in [6.45, 7) is 2.22. The molecule has 2 aliphatic rings. The number of carbonyl (C=O) groups excluding carboxylic acids is 2. The van der Waals surface area contributed by atoms with Crippen molar-refractivity contribution in [1.29, 1.82) is 0 Å². The van der Waals surface area contributed by atoms with Crippen LogP contribution in [-0.2, 0) is 4.79 Å². The Bertz CT molecular complexity index is 545. The van der Waals surface area contributed by atoms with Gasteiger partial charge in [-0.15, -0.1) is 0 Å². The highest BCUT2D eigenvalue weighted by molar-refractivity contribution is 6.03. The predicted octanol–water partition coefficient (Wildman–Crippen LogP) is -0.828. The van der Waals surface area contributed by atoms with Crippen molar-refractivity contribution < 1.29 is 9.59 Å². The molecular weight excluding hydrogens is 246 g/mol. The maximum absolute atomic E-state index is 12.0. The number of carbonyl (C=O) groups is 2. The molecule has 1 atom stereocenters. The number of rotatable bonds is 1. The summed E-state index contributed by atoms with van der Waals surface area (Å²) in [5.74, 6) is 0.116. The van der Waals surface area contributed by atoms with E-state index in [0.717, 1.165) is 18.8 Å². The molecule has 1 fully saturated rings. The molecule has 0 bridgehead atoms. The molecule has 0 saturated carbocycles. The van der Waals surface area contributed by atoms with Crippen LogP contribution in [0.3, 0.4) is 0 Å². The smallest absolute Gasteiger partial charge is 0.269 e. The average Bonchev–Trinajstić information content (AvgIpc) is 2.46. The van der Waals surface area contributed by atoms with Gasteiger partial charge in [0, 0.05) is 26.7 Å². The van der Waals surface area contributed by atoms with E-state index in [1.807, 2.05) is 11.0 Å². The van der Waals surface area contributed by atoms with Crippen molar-refractivity contribution >= 4 is 23.3 Å². The second-order valence-corrected chi connectivity index (χ2v) is 4.55. The molecule has 2 aliphatic heterocycles. The van der Waals surface area contributed by atoms with Gasteiger partial charge in [-0.25, -0.2) is 4.98 Å². The third-order valence-electron chi connectivity index (χ3n) is 3.43. The van der Waals surface area contributed by atoms with Gasteiger partial charge in [0.25, 0.3) is 5.91 Å². The zero-order chi connectivity index (χ0) is 13.4. The van der Waals surface area contributed by atoms with Crippen LogP contribution in [0.5, 0.6) is 0 Å². The maximum Gasteiger partial charge on any atom is 0.269 e. The van der Waals surface area contributed by atoms with Crippen LogP contribution in [0.15, 0.2) is 12.1 Å². The van der Waals surface area contributed by atoms with E-state index < -0.39 is 0 Å². The van der Waals surface area contributed by atoms with E-state index in [0.29, 0.717) is 18.1 Å². The normalized spacial score (nSPS) is 21.2. The number of nitrogens with one attached hydrogen (secondary N) is 3. The van der Waals surface area contributed by atoms with Crippen molar-refractivity contribution in [2.24, 2.45) is 0 Å². The summed E-state index contributed by atoms with van der Waals surface area (Å²) in [6, 6.07) is 3.31. The van der Waals surface area contributed by atoms with Crippen molar-refractivity contribution in [1.82, 2.24) is 15.6 Å². The molecule has 2 amide bonds. The van der Waals surface area contributed by atoms with Crippen LogP contribution in [0, 0.1) is 0 Å². The quantitative estimate of drug-likeness (QED) is 0.614. The minimum atomic E-state index is -0.264. The summed E-state index contributed by atoms with van der Waals surface area (Å²) in [6.07, 6.45) is 0. The first-order valence-electron chi connectivity index (χ1n) is 6.22. The SMILES string of the molecule is CNC(=O)c1ccc2c(n1)NC(=O)[C@H]1CNCCN21. The Labute approximate surface area is 110 Å². The van der Waals surface area contributed by atoms with Gasteiger partial charge >= 0.3 is 0 Å². The zero-order valence-corrected chi connectivity index (χ0v) is 10.6. The first-order chi connectivity index (χ1) is 9.20. The molecule has 3 rings (SSSR count). The van der Waals surface area contributed by atoms with E-state index >= 15 is 0 Å². The number of amides is 2. The molecular formula is C12H15N5O2. The lowest BCUT2D eigenvalue weighted by atomic mass is 10.1. The summed E-state index contributed by atoms with van der Waals surface area (Å²) in [5.41, 5.74) is 1.17. The molecule has 1 aromatic heterocycles. The topological polar surface area (TPSA) is 86.4 Å². The van der Waals surface area contributed by atoms with Crippen LogP contribution in [-0.4, -0.2) is 49.5 Å². The van der Waals surface area contributed by atoms with Crippen LogP contribution >= 0.6 is 0 Å². The molecule has 1 saturated heterocycles. The van der Waals surface area contributed by atoms with E-state index in [1.165, 1.54) is 0 Å². The third-order valence-corrected chi connectivity index (χ3v) is 3.43. The second-order valence-electron chi connectivity index (χ2n) is 4.55. The van der Waals surface area contributed by atoms with Crippen molar-refractivity contribution in [3.8, 4) is 0 Å². The largest absolute Gasteiger partial charge is 0.354 e. The zero-order valence-electron chi connectivity index (χ0n) is 10.6. The lowest BCUT2D eigenvalue weighted by Gasteiger charge is -2.40. The first-order valence-corrected chi connectivity index (χ1v) is 6.22. The molecule has 100 valence electrons. The fourth-order valence-electron chi connectivity index (χ4n) is 2.46. The molecule has 19 heavy (non-hydrogen) atoms. The number of hydrogen-bond acceptors (Lipinski definition) is 5. The minimum absolute atomic E-state index is 0.0822. The van der Waals surface area contributed by atoms with Crippen molar-refractivity contribution in [2.45, 2.75) is 6.04 Å². The van der Waals surface area contributed by atoms with Crippen LogP contribution < -0.4 is 20.9 Å². The van der Waals surface area contributed by atoms with Gasteiger partial charge in [-0.1, -0.05) is 0 Å². The molecule has 0 aromatic carbocycles. The molecule has 7 heteroatoms. The molecule has 7 nitrogen and oxygen atoms in total. The van der Waals surface area contributed by atoms with Crippen LogP contribution in [0.25, 0.3) is 0 Å². The third kappa shape index (κ3) is 1.91. The summed E-state index contributed by atoms with van der Waals surface area (Å²) in [7, 11) is 1.55. The highest BCUT2D eigenvalue weighted by atomic mass is 16.2. The van der Waals surface area contributed by atoms with Crippen molar-refractivity contribution in [3.63, 3.8) is 0 Å². The van der Waals surface area contributed by atoms with Gasteiger partial charge in [-0.05, 0) is 12.1 Å². The van der Waals surface area contributed by atoms with Gasteiger partial charge in [0.05, 0.1) is 5.69 Å². The van der Waals surface area contributed by atoms with Gasteiger partial charge in [0.15, 0.2) is 5.82 Å². The van der Waals surface area contributed by atoms with Gasteiger partial charge in [0.2, 0.25) is 5.91 Å². The number of aromatic nitrogens is 1. The van der Waals surface area contributed by atoms with Gasteiger partial charge < -0.3 is 20.9 Å². The Morgan fingerprint density at radius 2 is 2.37 bits per heavy atom.